The number of benzene rings is 1. The van der Waals surface area contributed by atoms with Gasteiger partial charge in [0.1, 0.15) is 6.10 Å². The summed E-state index contributed by atoms with van der Waals surface area (Å²) < 4.78 is 19.2. The second-order valence-electron chi connectivity index (χ2n) is 7.82. The average molecular weight is 390 g/mol. The molecular weight excluding hydrogens is 364 g/mol. The highest BCUT2D eigenvalue weighted by Gasteiger charge is 2.51. The molecule has 0 unspecified atom stereocenters. The van der Waals surface area contributed by atoms with Gasteiger partial charge in [-0.2, -0.15) is 0 Å². The second-order valence-corrected chi connectivity index (χ2v) is 8.25. The summed E-state index contributed by atoms with van der Waals surface area (Å²) in [5.74, 6) is 0. The molecule has 1 saturated heterocycles. The molecule has 0 N–H and O–H groups in total. The minimum absolute atomic E-state index is 0.133. The van der Waals surface area contributed by atoms with E-state index in [0.717, 1.165) is 5.56 Å². The summed E-state index contributed by atoms with van der Waals surface area (Å²) in [4.78, 5) is 12.6. The summed E-state index contributed by atoms with van der Waals surface area (Å²) in [5, 5.41) is 0.637. The molecule has 1 atom stereocenters. The van der Waals surface area contributed by atoms with Gasteiger partial charge in [0.2, 0.25) is 5.56 Å². The average Bonchev–Trinajstić information content (AvgIpc) is 2.81. The molecule has 2 heterocycles. The van der Waals surface area contributed by atoms with Gasteiger partial charge >= 0.3 is 7.12 Å². The summed E-state index contributed by atoms with van der Waals surface area (Å²) >= 11 is 6.07. The SMILES string of the molecule is CO[C@@H](Cn1ccc(B2OC(C)(C)C(C)(C)O2)cc1=O)c1cccc(Cl)c1. The lowest BCUT2D eigenvalue weighted by atomic mass is 9.80. The smallest absolute Gasteiger partial charge is 0.399 e. The Morgan fingerprint density at radius 3 is 2.37 bits per heavy atom. The van der Waals surface area contributed by atoms with E-state index in [9.17, 15) is 4.79 Å². The molecule has 0 amide bonds. The monoisotopic (exact) mass is 389 g/mol. The number of pyridine rings is 1. The van der Waals surface area contributed by atoms with Gasteiger partial charge in [0, 0.05) is 24.4 Å². The predicted octanol–water partition coefficient (Wildman–Crippen LogP) is 3.19. The fourth-order valence-electron chi connectivity index (χ4n) is 3.00. The van der Waals surface area contributed by atoms with E-state index >= 15 is 0 Å². The number of aromatic nitrogens is 1. The zero-order valence-corrected chi connectivity index (χ0v) is 17.1. The maximum absolute atomic E-state index is 12.6. The summed E-state index contributed by atoms with van der Waals surface area (Å²) in [7, 11) is 1.07. The topological polar surface area (TPSA) is 49.7 Å². The van der Waals surface area contributed by atoms with Crippen LogP contribution in [-0.2, 0) is 20.6 Å². The van der Waals surface area contributed by atoms with Crippen molar-refractivity contribution in [1.82, 2.24) is 4.57 Å². The van der Waals surface area contributed by atoms with Crippen LogP contribution in [0.1, 0.15) is 39.4 Å². The van der Waals surface area contributed by atoms with E-state index in [1.807, 2.05) is 58.0 Å². The van der Waals surface area contributed by atoms with Crippen LogP contribution in [0.25, 0.3) is 0 Å². The largest absolute Gasteiger partial charge is 0.495 e. The number of rotatable bonds is 5. The lowest BCUT2D eigenvalue weighted by Crippen LogP contribution is -2.41. The fraction of sp³-hybridized carbons (Fsp3) is 0.450. The van der Waals surface area contributed by atoms with Crippen LogP contribution in [-0.4, -0.2) is 30.0 Å². The van der Waals surface area contributed by atoms with Crippen LogP contribution < -0.4 is 11.0 Å². The van der Waals surface area contributed by atoms with Crippen LogP contribution in [0.15, 0.2) is 47.4 Å². The zero-order valence-electron chi connectivity index (χ0n) is 16.4. The first-order valence-corrected chi connectivity index (χ1v) is 9.35. The van der Waals surface area contributed by atoms with E-state index < -0.39 is 18.3 Å². The van der Waals surface area contributed by atoms with Gasteiger partial charge in [0.05, 0.1) is 17.7 Å². The molecule has 27 heavy (non-hydrogen) atoms. The van der Waals surface area contributed by atoms with Gasteiger partial charge in [-0.25, -0.2) is 0 Å². The highest BCUT2D eigenvalue weighted by Crippen LogP contribution is 2.36. The first kappa shape index (κ1) is 20.1. The molecule has 0 radical (unpaired) electrons. The molecule has 5 nitrogen and oxygen atoms in total. The van der Waals surface area contributed by atoms with Crippen molar-refractivity contribution in [2.75, 3.05) is 7.11 Å². The van der Waals surface area contributed by atoms with Gasteiger partial charge < -0.3 is 18.6 Å². The van der Waals surface area contributed by atoms with Crippen molar-refractivity contribution in [3.63, 3.8) is 0 Å². The highest BCUT2D eigenvalue weighted by molar-refractivity contribution is 6.62. The molecule has 1 aromatic carbocycles. The molecule has 1 fully saturated rings. The van der Waals surface area contributed by atoms with E-state index in [0.29, 0.717) is 17.0 Å². The highest BCUT2D eigenvalue weighted by atomic mass is 35.5. The van der Waals surface area contributed by atoms with Crippen LogP contribution in [0.2, 0.25) is 5.02 Å². The molecule has 144 valence electrons. The van der Waals surface area contributed by atoms with Crippen molar-refractivity contribution in [3.8, 4) is 0 Å². The lowest BCUT2D eigenvalue weighted by molar-refractivity contribution is 0.00578. The summed E-state index contributed by atoms with van der Waals surface area (Å²) in [6, 6.07) is 10.9. The van der Waals surface area contributed by atoms with Gasteiger partial charge in [0.25, 0.3) is 0 Å². The van der Waals surface area contributed by atoms with Crippen molar-refractivity contribution in [3.05, 3.63) is 63.5 Å². The molecule has 1 aliphatic rings. The maximum Gasteiger partial charge on any atom is 0.495 e. The van der Waals surface area contributed by atoms with E-state index in [-0.39, 0.29) is 11.7 Å². The molecule has 2 aromatic rings. The Labute approximate surface area is 165 Å². The van der Waals surface area contributed by atoms with Crippen molar-refractivity contribution >= 4 is 24.2 Å². The molecule has 0 saturated carbocycles. The quantitative estimate of drug-likeness (QED) is 0.737. The Morgan fingerprint density at radius 2 is 1.81 bits per heavy atom. The first-order valence-electron chi connectivity index (χ1n) is 8.97. The van der Waals surface area contributed by atoms with Crippen molar-refractivity contribution in [2.24, 2.45) is 0 Å². The van der Waals surface area contributed by atoms with Gasteiger partial charge in [-0.1, -0.05) is 23.7 Å². The Balaban J connectivity index is 1.80. The van der Waals surface area contributed by atoms with Crippen LogP contribution in [0.5, 0.6) is 0 Å². The summed E-state index contributed by atoms with van der Waals surface area (Å²) in [5.41, 5.74) is 0.616. The lowest BCUT2D eigenvalue weighted by Gasteiger charge is -2.32. The van der Waals surface area contributed by atoms with Crippen LogP contribution in [0.4, 0.5) is 0 Å². The molecular formula is C20H25BClNO4. The Kier molecular flexibility index (Phi) is 5.55. The Morgan fingerprint density at radius 1 is 1.15 bits per heavy atom. The van der Waals surface area contributed by atoms with Crippen molar-refractivity contribution < 1.29 is 14.0 Å². The first-order chi connectivity index (χ1) is 12.6. The molecule has 0 bridgehead atoms. The second kappa shape index (κ2) is 7.43. The van der Waals surface area contributed by atoms with Gasteiger partial charge in [-0.15, -0.1) is 0 Å². The van der Waals surface area contributed by atoms with Crippen LogP contribution >= 0.6 is 11.6 Å². The van der Waals surface area contributed by atoms with E-state index in [4.69, 9.17) is 25.6 Å². The number of hydrogen-bond acceptors (Lipinski definition) is 4. The zero-order chi connectivity index (χ0) is 19.8. The van der Waals surface area contributed by atoms with E-state index in [2.05, 4.69) is 0 Å². The van der Waals surface area contributed by atoms with Crippen molar-refractivity contribution in [1.29, 1.82) is 0 Å². The summed E-state index contributed by atoms with van der Waals surface area (Å²) in [6.07, 6.45) is 1.48. The van der Waals surface area contributed by atoms with Crippen LogP contribution in [0, 0.1) is 0 Å². The number of nitrogens with zero attached hydrogens (tertiary/aromatic N) is 1. The maximum atomic E-state index is 12.6. The number of hydrogen-bond donors (Lipinski definition) is 0. The third-order valence-corrected chi connectivity index (χ3v) is 5.65. The molecule has 1 aromatic heterocycles. The van der Waals surface area contributed by atoms with Gasteiger partial charge in [-0.05, 0) is 56.9 Å². The number of methoxy groups -OCH3 is 1. The van der Waals surface area contributed by atoms with E-state index in [1.165, 1.54) is 0 Å². The summed E-state index contributed by atoms with van der Waals surface area (Å²) in [6.45, 7) is 8.34. The van der Waals surface area contributed by atoms with E-state index in [1.54, 1.807) is 23.9 Å². The Bertz CT molecular complexity index is 864. The minimum atomic E-state index is -0.552. The molecule has 0 spiro atoms. The van der Waals surface area contributed by atoms with Crippen molar-refractivity contribution in [2.45, 2.75) is 51.5 Å². The standard InChI is InChI=1S/C20H25BClNO4/c1-19(2)20(3,4)27-21(26-19)15-9-10-23(18(24)12-15)13-17(25-5)14-7-6-8-16(22)11-14/h6-12,17H,13H2,1-5H3/t17-/m0/s1. The molecule has 1 aliphatic heterocycles. The third-order valence-electron chi connectivity index (χ3n) is 5.41. The third kappa shape index (κ3) is 4.14. The van der Waals surface area contributed by atoms with Gasteiger partial charge in [-0.3, -0.25) is 4.79 Å². The van der Waals surface area contributed by atoms with Crippen LogP contribution in [0.3, 0.4) is 0 Å². The van der Waals surface area contributed by atoms with Gasteiger partial charge in [0.15, 0.2) is 0 Å². The normalized spacial score (nSPS) is 19.3. The molecule has 7 heteroatoms. The minimum Gasteiger partial charge on any atom is -0.399 e. The number of ether oxygens (including phenoxy) is 1. The Hall–Kier alpha value is -1.60. The fourth-order valence-corrected chi connectivity index (χ4v) is 3.20. The number of halogens is 1. The molecule has 3 rings (SSSR count). The molecule has 0 aliphatic carbocycles. The predicted molar refractivity (Wildman–Crippen MR) is 108 cm³/mol.